The first-order valence-electron chi connectivity index (χ1n) is 4.17. The predicted molar refractivity (Wildman–Crippen MR) is 43.1 cm³/mol. The van der Waals surface area contributed by atoms with Crippen molar-refractivity contribution in [3.05, 3.63) is 0 Å². The van der Waals surface area contributed by atoms with Gasteiger partial charge in [0.1, 0.15) is 24.1 Å². The zero-order valence-corrected chi connectivity index (χ0v) is 7.38. The van der Waals surface area contributed by atoms with Crippen LogP contribution in [0.5, 0.6) is 0 Å². The van der Waals surface area contributed by atoms with Crippen molar-refractivity contribution in [1.29, 1.82) is 0 Å². The molecule has 0 spiro atoms. The summed E-state index contributed by atoms with van der Waals surface area (Å²) in [5.74, 6) is -0.118. The van der Waals surface area contributed by atoms with E-state index in [1.807, 2.05) is 0 Å². The molecule has 5 nitrogen and oxygen atoms in total. The molecule has 1 fully saturated rings. The van der Waals surface area contributed by atoms with Gasteiger partial charge in [0.15, 0.2) is 0 Å². The lowest BCUT2D eigenvalue weighted by molar-refractivity contribution is -0.188. The molecule has 0 radical (unpaired) electrons. The molecule has 0 aromatic carbocycles. The maximum Gasteiger partial charge on any atom is 0.132 e. The zero-order valence-electron chi connectivity index (χ0n) is 7.38. The number of aliphatic hydroxyl groups excluding tert-OH is 3. The van der Waals surface area contributed by atoms with Crippen molar-refractivity contribution < 1.29 is 24.9 Å². The minimum atomic E-state index is -1.22. The van der Waals surface area contributed by atoms with Gasteiger partial charge in [-0.1, -0.05) is 0 Å². The fourth-order valence-electron chi connectivity index (χ4n) is 1.33. The Kier molecular flexibility index (Phi) is 3.38. The molecule has 0 aliphatic carbocycles. The third-order valence-corrected chi connectivity index (χ3v) is 2.09. The van der Waals surface area contributed by atoms with Crippen LogP contribution < -0.4 is 0 Å². The summed E-state index contributed by atoms with van der Waals surface area (Å²) in [6, 6.07) is 0. The molecule has 1 aliphatic heterocycles. The molecule has 3 N–H and O–H groups in total. The van der Waals surface area contributed by atoms with E-state index in [9.17, 15) is 15.0 Å². The Bertz CT molecular complexity index is 193. The van der Waals surface area contributed by atoms with Gasteiger partial charge in [-0.05, 0) is 6.92 Å². The highest BCUT2D eigenvalue weighted by Gasteiger charge is 2.37. The molecule has 1 aliphatic rings. The summed E-state index contributed by atoms with van der Waals surface area (Å²) in [4.78, 5) is 10.7. The molecule has 13 heavy (non-hydrogen) atoms. The average Bonchev–Trinajstić information content (AvgIpc) is 2.06. The first kappa shape index (κ1) is 10.6. The molecule has 4 atom stereocenters. The highest BCUT2D eigenvalue weighted by atomic mass is 16.5. The van der Waals surface area contributed by atoms with E-state index in [4.69, 9.17) is 9.84 Å². The Morgan fingerprint density at radius 1 is 1.38 bits per heavy atom. The van der Waals surface area contributed by atoms with Crippen molar-refractivity contribution in [2.24, 2.45) is 0 Å². The zero-order chi connectivity index (χ0) is 10.0. The fraction of sp³-hybridized carbons (Fsp3) is 0.875. The van der Waals surface area contributed by atoms with Gasteiger partial charge >= 0.3 is 0 Å². The van der Waals surface area contributed by atoms with Crippen molar-refractivity contribution in [3.8, 4) is 0 Å². The highest BCUT2D eigenvalue weighted by molar-refractivity contribution is 5.76. The average molecular weight is 190 g/mol. The van der Waals surface area contributed by atoms with E-state index in [-0.39, 0.29) is 18.8 Å². The fourth-order valence-corrected chi connectivity index (χ4v) is 1.33. The van der Waals surface area contributed by atoms with Gasteiger partial charge < -0.3 is 20.1 Å². The summed E-state index contributed by atoms with van der Waals surface area (Å²) in [5.41, 5.74) is 0. The van der Waals surface area contributed by atoms with Gasteiger partial charge in [-0.3, -0.25) is 4.79 Å². The smallest absolute Gasteiger partial charge is 0.132 e. The van der Waals surface area contributed by atoms with Gasteiger partial charge in [-0.15, -0.1) is 0 Å². The second-order valence-electron chi connectivity index (χ2n) is 3.33. The summed E-state index contributed by atoms with van der Waals surface area (Å²) in [6.07, 6.45) is -4.12. The van der Waals surface area contributed by atoms with Gasteiger partial charge in [0.2, 0.25) is 0 Å². The predicted octanol–water partition coefficient (Wildman–Crippen LogP) is -1.55. The molecule has 0 amide bonds. The molecule has 5 heteroatoms. The van der Waals surface area contributed by atoms with E-state index in [0.29, 0.717) is 0 Å². The molecule has 76 valence electrons. The van der Waals surface area contributed by atoms with Crippen LogP contribution in [0.4, 0.5) is 0 Å². The third-order valence-electron chi connectivity index (χ3n) is 2.09. The maximum absolute atomic E-state index is 10.7. The van der Waals surface area contributed by atoms with Crippen molar-refractivity contribution in [2.45, 2.75) is 37.8 Å². The van der Waals surface area contributed by atoms with E-state index < -0.39 is 24.4 Å². The quantitative estimate of drug-likeness (QED) is 0.490. The molecule has 1 heterocycles. The summed E-state index contributed by atoms with van der Waals surface area (Å²) >= 11 is 0. The first-order valence-corrected chi connectivity index (χ1v) is 4.17. The van der Waals surface area contributed by atoms with Gasteiger partial charge in [0, 0.05) is 6.42 Å². The number of hydrogen-bond donors (Lipinski definition) is 3. The maximum atomic E-state index is 10.7. The van der Waals surface area contributed by atoms with Crippen LogP contribution >= 0.6 is 0 Å². The number of ketones is 1. The minimum absolute atomic E-state index is 0.0455. The molecule has 1 saturated heterocycles. The topological polar surface area (TPSA) is 87.0 Å². The van der Waals surface area contributed by atoms with E-state index in [0.717, 1.165) is 0 Å². The molecular weight excluding hydrogens is 176 g/mol. The summed E-state index contributed by atoms with van der Waals surface area (Å²) in [5, 5.41) is 27.7. The largest absolute Gasteiger partial charge is 0.388 e. The van der Waals surface area contributed by atoms with Crippen LogP contribution in [0.25, 0.3) is 0 Å². The van der Waals surface area contributed by atoms with Crippen molar-refractivity contribution in [2.75, 3.05) is 6.61 Å². The van der Waals surface area contributed by atoms with Gasteiger partial charge in [-0.2, -0.15) is 0 Å². The Morgan fingerprint density at radius 2 is 2.00 bits per heavy atom. The second kappa shape index (κ2) is 4.15. The van der Waals surface area contributed by atoms with Crippen LogP contribution in [-0.4, -0.2) is 52.1 Å². The van der Waals surface area contributed by atoms with Crippen LogP contribution in [0, 0.1) is 0 Å². The first-order chi connectivity index (χ1) is 6.02. The van der Waals surface area contributed by atoms with Gasteiger partial charge in [-0.25, -0.2) is 0 Å². The number of carbonyl (C=O) groups excluding carboxylic acids is 1. The molecule has 0 aromatic rings. The summed E-state index contributed by atoms with van der Waals surface area (Å²) in [6.45, 7) is 1.34. The summed E-state index contributed by atoms with van der Waals surface area (Å²) < 4.78 is 5.00. The number of carbonyl (C=O) groups is 1. The van der Waals surface area contributed by atoms with E-state index in [1.165, 1.54) is 6.92 Å². The Morgan fingerprint density at radius 3 is 2.54 bits per heavy atom. The number of rotatable bonds is 2. The monoisotopic (exact) mass is 190 g/mol. The third kappa shape index (κ3) is 2.47. The van der Waals surface area contributed by atoms with Crippen molar-refractivity contribution in [1.82, 2.24) is 0 Å². The van der Waals surface area contributed by atoms with Crippen molar-refractivity contribution in [3.63, 3.8) is 0 Å². The van der Waals surface area contributed by atoms with E-state index in [1.54, 1.807) is 0 Å². The SMILES string of the molecule is CC(=O)C[C@@H]1OC[C@@H](O)[C@H](O)[C@H]1O. The second-order valence-corrected chi connectivity index (χ2v) is 3.33. The van der Waals surface area contributed by atoms with Crippen LogP contribution in [0.2, 0.25) is 0 Å². The van der Waals surface area contributed by atoms with Crippen LogP contribution in [0.1, 0.15) is 13.3 Å². The molecule has 1 rings (SSSR count). The Hall–Kier alpha value is -0.490. The van der Waals surface area contributed by atoms with Crippen molar-refractivity contribution >= 4 is 5.78 Å². The van der Waals surface area contributed by atoms with Crippen LogP contribution in [0.15, 0.2) is 0 Å². The Balaban J connectivity index is 2.53. The Labute approximate surface area is 75.9 Å². The van der Waals surface area contributed by atoms with Gasteiger partial charge in [0.25, 0.3) is 0 Å². The highest BCUT2D eigenvalue weighted by Crippen LogP contribution is 2.17. The molecule has 0 saturated carbocycles. The number of aliphatic hydroxyl groups is 3. The molecule has 0 aromatic heterocycles. The lowest BCUT2D eigenvalue weighted by Gasteiger charge is -2.34. The molecule has 0 bridgehead atoms. The minimum Gasteiger partial charge on any atom is -0.388 e. The van der Waals surface area contributed by atoms with Gasteiger partial charge in [0.05, 0.1) is 12.7 Å². The van der Waals surface area contributed by atoms with E-state index >= 15 is 0 Å². The lowest BCUT2D eigenvalue weighted by atomic mass is 9.97. The van der Waals surface area contributed by atoms with Crippen LogP contribution in [0.3, 0.4) is 0 Å². The normalized spacial score (nSPS) is 40.3. The summed E-state index contributed by atoms with van der Waals surface area (Å²) in [7, 11) is 0. The van der Waals surface area contributed by atoms with E-state index in [2.05, 4.69) is 0 Å². The van der Waals surface area contributed by atoms with Crippen LogP contribution in [-0.2, 0) is 9.53 Å². The number of ether oxygens (including phenoxy) is 1. The molecular formula is C8H14O5. The molecule has 0 unspecified atom stereocenters. The lowest BCUT2D eigenvalue weighted by Crippen LogP contribution is -2.53. The number of hydrogen-bond acceptors (Lipinski definition) is 5. The number of Topliss-reactive ketones (excluding diaryl/α,β-unsaturated/α-hetero) is 1. The standard InChI is InChI=1S/C8H14O5/c1-4(9)2-6-8(12)7(11)5(10)3-13-6/h5-8,10-12H,2-3H2,1H3/t5-,6+,7+,8+/m1/s1.